The highest BCUT2D eigenvalue weighted by Crippen LogP contribution is 2.48. The van der Waals surface area contributed by atoms with Gasteiger partial charge in [0.25, 0.3) is 0 Å². The molecule has 1 aliphatic carbocycles. The Morgan fingerprint density at radius 2 is 1.59 bits per heavy atom. The molecule has 15 nitrogen and oxygen atoms in total. The summed E-state index contributed by atoms with van der Waals surface area (Å²) < 4.78 is 0.981. The van der Waals surface area contributed by atoms with Crippen molar-refractivity contribution in [3.8, 4) is 0 Å². The van der Waals surface area contributed by atoms with Crippen LogP contribution >= 0.6 is 22.6 Å². The number of aryl methyl sites for hydroxylation is 1. The summed E-state index contributed by atoms with van der Waals surface area (Å²) in [5.74, 6) is -2.34. The first-order valence-corrected chi connectivity index (χ1v) is 21.3. The van der Waals surface area contributed by atoms with Crippen molar-refractivity contribution in [2.75, 3.05) is 25.0 Å². The number of aliphatic hydroxyl groups excluding tert-OH is 1. The lowest BCUT2D eigenvalue weighted by atomic mass is 9.99. The van der Waals surface area contributed by atoms with E-state index in [0.29, 0.717) is 57.2 Å². The third-order valence-corrected chi connectivity index (χ3v) is 12.5. The summed E-state index contributed by atoms with van der Waals surface area (Å²) in [5, 5.41) is 21.8. The number of amides is 7. The van der Waals surface area contributed by atoms with Gasteiger partial charge in [-0.1, -0.05) is 36.8 Å². The minimum Gasteiger partial charge on any atom is -0.391 e. The summed E-state index contributed by atoms with van der Waals surface area (Å²) in [7, 11) is 0. The van der Waals surface area contributed by atoms with Gasteiger partial charge in [0.05, 0.1) is 6.10 Å². The number of piperidine rings is 1. The van der Waals surface area contributed by atoms with Crippen LogP contribution in [0.1, 0.15) is 76.8 Å². The van der Waals surface area contributed by atoms with E-state index < -0.39 is 71.5 Å². The number of anilines is 1. The molecule has 0 radical (unpaired) electrons. The Morgan fingerprint density at radius 1 is 0.897 bits per heavy atom. The number of hydrogen-bond donors (Lipinski definition) is 5. The van der Waals surface area contributed by atoms with Gasteiger partial charge >= 0.3 is 6.03 Å². The van der Waals surface area contributed by atoms with Crippen LogP contribution in [0, 0.1) is 16.4 Å². The second-order valence-electron chi connectivity index (χ2n) is 16.4. The summed E-state index contributed by atoms with van der Waals surface area (Å²) in [6.45, 7) is 7.81. The number of urea groups is 1. The van der Waals surface area contributed by atoms with Crippen LogP contribution in [0.25, 0.3) is 0 Å². The molecule has 8 atom stereocenters. The summed E-state index contributed by atoms with van der Waals surface area (Å²) >= 11 is 2.15. The number of Topliss-reactive ketones (excluding diaryl/α,β-unsaturated/α-hetero) is 1. The zero-order valence-electron chi connectivity index (χ0n) is 33.5. The number of benzene rings is 2. The van der Waals surface area contributed by atoms with E-state index in [4.69, 9.17) is 0 Å². The summed E-state index contributed by atoms with van der Waals surface area (Å²) in [6.07, 6.45) is 2.23. The molecule has 1 spiro atoms. The minimum absolute atomic E-state index is 0.0423. The van der Waals surface area contributed by atoms with Crippen molar-refractivity contribution in [3.63, 3.8) is 0 Å². The van der Waals surface area contributed by atoms with E-state index in [-0.39, 0.29) is 37.1 Å². The van der Waals surface area contributed by atoms with E-state index in [1.165, 1.54) is 16.7 Å². The molecule has 0 aromatic heterocycles. The van der Waals surface area contributed by atoms with Crippen LogP contribution < -0.4 is 21.3 Å². The lowest BCUT2D eigenvalue weighted by Crippen LogP contribution is -2.62. The van der Waals surface area contributed by atoms with Gasteiger partial charge in [0.15, 0.2) is 5.78 Å². The fourth-order valence-corrected chi connectivity index (χ4v) is 9.07. The molecule has 0 bridgehead atoms. The molecule has 16 heteroatoms. The fraction of sp³-hybridized carbons (Fsp3) is 0.548. The maximum Gasteiger partial charge on any atom is 0.319 e. The topological polar surface area (TPSA) is 198 Å². The van der Waals surface area contributed by atoms with Gasteiger partial charge in [-0.15, -0.1) is 0 Å². The zero-order valence-corrected chi connectivity index (χ0v) is 35.6. The zero-order chi connectivity index (χ0) is 41.9. The lowest BCUT2D eigenvalue weighted by molar-refractivity contribution is -0.152. The van der Waals surface area contributed by atoms with Crippen LogP contribution in [-0.2, 0) is 35.2 Å². The number of rotatable bonds is 12. The number of halogens is 1. The third kappa shape index (κ3) is 9.64. The van der Waals surface area contributed by atoms with Gasteiger partial charge in [0, 0.05) is 41.7 Å². The first-order valence-electron chi connectivity index (χ1n) is 20.2. The fourth-order valence-electron chi connectivity index (χ4n) is 8.71. The normalized spacial score (nSPS) is 24.8. The number of nitrogens with zero attached hydrogens (tertiary/aromatic N) is 3. The van der Waals surface area contributed by atoms with Crippen molar-refractivity contribution >= 4 is 69.6 Å². The smallest absolute Gasteiger partial charge is 0.319 e. The Labute approximate surface area is 352 Å². The second kappa shape index (κ2) is 18.1. The van der Waals surface area contributed by atoms with Gasteiger partial charge in [-0.2, -0.15) is 0 Å². The Hall–Kier alpha value is -4.58. The number of hydrogen-bond acceptors (Lipinski definition) is 8. The van der Waals surface area contributed by atoms with Crippen LogP contribution in [0.4, 0.5) is 10.5 Å². The molecule has 3 aliphatic heterocycles. The Balaban J connectivity index is 1.13. The molecular formula is C42H54IN7O8. The van der Waals surface area contributed by atoms with Gasteiger partial charge in [0.1, 0.15) is 35.7 Å². The molecule has 1 saturated carbocycles. The maximum atomic E-state index is 14.3. The molecule has 4 fully saturated rings. The van der Waals surface area contributed by atoms with Gasteiger partial charge in [0.2, 0.25) is 29.5 Å². The van der Waals surface area contributed by atoms with E-state index in [0.717, 1.165) is 14.7 Å². The quantitative estimate of drug-likeness (QED) is 0.201. The van der Waals surface area contributed by atoms with Crippen molar-refractivity contribution in [2.45, 2.75) is 121 Å². The van der Waals surface area contributed by atoms with Crippen molar-refractivity contribution in [1.29, 1.82) is 0 Å². The predicted molar refractivity (Wildman–Crippen MR) is 223 cm³/mol. The molecule has 7 amide bonds. The van der Waals surface area contributed by atoms with Crippen molar-refractivity contribution < 1.29 is 38.7 Å². The average Bonchev–Trinajstić information content (AvgIpc) is 3.46. The molecule has 5 N–H and O–H groups in total. The van der Waals surface area contributed by atoms with Gasteiger partial charge < -0.3 is 41.1 Å². The van der Waals surface area contributed by atoms with E-state index in [9.17, 15) is 38.7 Å². The predicted octanol–water partition coefficient (Wildman–Crippen LogP) is 2.65. The van der Waals surface area contributed by atoms with Crippen molar-refractivity contribution in [3.05, 3.63) is 63.2 Å². The van der Waals surface area contributed by atoms with Crippen LogP contribution in [-0.4, -0.2) is 123 Å². The molecule has 312 valence electrons. The highest BCUT2D eigenvalue weighted by Gasteiger charge is 2.63. The summed E-state index contributed by atoms with van der Waals surface area (Å²) in [6, 6.07) is 8.68. The molecule has 0 unspecified atom stereocenters. The van der Waals surface area contributed by atoms with Gasteiger partial charge in [-0.25, -0.2) is 4.79 Å². The lowest BCUT2D eigenvalue weighted by Gasteiger charge is -2.39. The number of carbonyl (C=O) groups excluding carboxylic acids is 7. The molecule has 2 aromatic carbocycles. The number of likely N-dealkylation sites (tertiary alicyclic amines) is 3. The molecule has 3 heterocycles. The van der Waals surface area contributed by atoms with E-state index in [1.54, 1.807) is 24.0 Å². The van der Waals surface area contributed by atoms with Crippen LogP contribution in [0.5, 0.6) is 0 Å². The third-order valence-electron chi connectivity index (χ3n) is 11.7. The van der Waals surface area contributed by atoms with E-state index in [2.05, 4.69) is 43.9 Å². The highest BCUT2D eigenvalue weighted by molar-refractivity contribution is 14.1. The van der Waals surface area contributed by atoms with Crippen molar-refractivity contribution in [1.82, 2.24) is 30.7 Å². The maximum absolute atomic E-state index is 14.3. The Kier molecular flexibility index (Phi) is 13.4. The minimum atomic E-state index is -1.44. The molecule has 58 heavy (non-hydrogen) atoms. The standard InChI is InChI=1S/C42H54IN7O8/c1-24-9-7-10-28(19-24)20-31(46-41(58)45-30-15-13-29(43)14-16-30)36(53)47-35(27(4)51)40(57)49-18-8-12-33(49)39(56)48-17-6-5-11-32(48)37(54)44-26(3)38(55)50-23-25(2)21-42(50)22-34(42)52/h7,9-10,13-16,19,25-27,31-33,35,51H,5-6,8,11-12,17-18,20-23H2,1-4H3,(H,44,54)(H,47,53)(H2,45,46,58)/t25-,26+,27+,31+,32+,33+,35+,42-/m1/s1. The monoisotopic (exact) mass is 911 g/mol. The van der Waals surface area contributed by atoms with E-state index >= 15 is 0 Å². The SMILES string of the molecule is Cc1cccc(C[C@H](NC(=O)Nc2ccc(I)cc2)C(=O)N[C@H](C(=O)N2CCC[C@H]2C(=O)N2CCCC[C@H]2C(=O)N[C@@H](C)C(=O)N2C[C@H](C)C[C@]23CC3=O)[C@H](C)O)c1. The second-order valence-corrected chi connectivity index (χ2v) is 17.7. The Morgan fingerprint density at radius 3 is 2.26 bits per heavy atom. The molecule has 4 aliphatic rings. The van der Waals surface area contributed by atoms with Crippen molar-refractivity contribution in [2.24, 2.45) is 5.92 Å². The van der Waals surface area contributed by atoms with Gasteiger partial charge in [-0.3, -0.25) is 28.8 Å². The van der Waals surface area contributed by atoms with Gasteiger partial charge in [-0.05, 0) is 118 Å². The molecule has 2 aromatic rings. The van der Waals surface area contributed by atoms with E-state index in [1.807, 2.05) is 50.2 Å². The molecule has 6 rings (SSSR count). The first-order chi connectivity index (χ1) is 27.6. The number of carbonyl (C=O) groups is 7. The summed E-state index contributed by atoms with van der Waals surface area (Å²) in [5.41, 5.74) is 1.50. The van der Waals surface area contributed by atoms with Crippen LogP contribution in [0.2, 0.25) is 0 Å². The number of ketones is 1. The first kappa shape index (κ1) is 43.0. The molecular weight excluding hydrogens is 857 g/mol. The number of nitrogens with one attached hydrogen (secondary N) is 4. The average molecular weight is 912 g/mol. The van der Waals surface area contributed by atoms with Crippen LogP contribution in [0.15, 0.2) is 48.5 Å². The number of aliphatic hydroxyl groups is 1. The highest BCUT2D eigenvalue weighted by atomic mass is 127. The Bertz CT molecular complexity index is 1930. The summed E-state index contributed by atoms with van der Waals surface area (Å²) in [4.78, 5) is 99.7. The largest absolute Gasteiger partial charge is 0.391 e. The molecule has 3 saturated heterocycles. The van der Waals surface area contributed by atoms with Crippen LogP contribution in [0.3, 0.4) is 0 Å².